The SMILES string of the molecule is CCn1c(NNC(=O)c2cc(-c3ccc(Cl)cc3)nn2-c2ccccc2)nc2ccccc2c1=O. The molecule has 3 aromatic carbocycles. The molecule has 174 valence electrons. The van der Waals surface area contributed by atoms with Crippen LogP contribution in [0.5, 0.6) is 0 Å². The van der Waals surface area contributed by atoms with Crippen LogP contribution in [0.4, 0.5) is 5.95 Å². The number of carbonyl (C=O) groups is 1. The number of hydrogen-bond donors (Lipinski definition) is 2. The molecule has 0 saturated heterocycles. The number of amides is 1. The van der Waals surface area contributed by atoms with Gasteiger partial charge in [-0.05, 0) is 49.4 Å². The molecule has 1 amide bonds. The van der Waals surface area contributed by atoms with Gasteiger partial charge in [0, 0.05) is 17.1 Å². The summed E-state index contributed by atoms with van der Waals surface area (Å²) in [5.74, 6) is -0.195. The highest BCUT2D eigenvalue weighted by Gasteiger charge is 2.19. The van der Waals surface area contributed by atoms with Crippen LogP contribution in [0.3, 0.4) is 0 Å². The normalized spacial score (nSPS) is 10.9. The maximum absolute atomic E-state index is 13.3. The van der Waals surface area contributed by atoms with Crippen LogP contribution in [-0.4, -0.2) is 25.2 Å². The Kier molecular flexibility index (Phi) is 6.03. The third-order valence-electron chi connectivity index (χ3n) is 5.55. The summed E-state index contributed by atoms with van der Waals surface area (Å²) in [5, 5.41) is 5.79. The first kappa shape index (κ1) is 22.4. The molecule has 0 unspecified atom stereocenters. The van der Waals surface area contributed by atoms with Gasteiger partial charge in [-0.2, -0.15) is 5.10 Å². The van der Waals surface area contributed by atoms with Crippen LogP contribution in [0.15, 0.2) is 89.7 Å². The summed E-state index contributed by atoms with van der Waals surface area (Å²) in [6.45, 7) is 2.23. The van der Waals surface area contributed by atoms with Gasteiger partial charge in [-0.15, -0.1) is 0 Å². The van der Waals surface area contributed by atoms with Crippen LogP contribution in [0, 0.1) is 0 Å². The second-order valence-corrected chi connectivity index (χ2v) is 8.19. The van der Waals surface area contributed by atoms with Crippen LogP contribution in [-0.2, 0) is 6.54 Å². The zero-order chi connectivity index (χ0) is 24.4. The van der Waals surface area contributed by atoms with Crippen molar-refractivity contribution in [2.24, 2.45) is 0 Å². The first-order valence-corrected chi connectivity index (χ1v) is 11.4. The number of rotatable bonds is 6. The van der Waals surface area contributed by atoms with Crippen molar-refractivity contribution < 1.29 is 4.79 Å². The summed E-state index contributed by atoms with van der Waals surface area (Å²) in [6.07, 6.45) is 0. The molecule has 0 aliphatic heterocycles. The highest BCUT2D eigenvalue weighted by atomic mass is 35.5. The van der Waals surface area contributed by atoms with Crippen LogP contribution >= 0.6 is 11.6 Å². The minimum absolute atomic E-state index is 0.186. The van der Waals surface area contributed by atoms with Gasteiger partial charge in [-0.25, -0.2) is 9.67 Å². The average molecular weight is 485 g/mol. The van der Waals surface area contributed by atoms with Crippen LogP contribution < -0.4 is 16.4 Å². The molecule has 35 heavy (non-hydrogen) atoms. The molecule has 0 saturated carbocycles. The number of hydrazine groups is 1. The zero-order valence-electron chi connectivity index (χ0n) is 18.8. The van der Waals surface area contributed by atoms with E-state index in [1.807, 2.05) is 55.5 Å². The minimum Gasteiger partial charge on any atom is -0.277 e. The molecule has 9 heteroatoms. The largest absolute Gasteiger partial charge is 0.288 e. The van der Waals surface area contributed by atoms with E-state index >= 15 is 0 Å². The molecule has 2 aromatic heterocycles. The van der Waals surface area contributed by atoms with Crippen molar-refractivity contribution in [3.63, 3.8) is 0 Å². The van der Waals surface area contributed by atoms with Crippen molar-refractivity contribution in [3.05, 3.63) is 106 Å². The molecular formula is C26H21ClN6O2. The van der Waals surface area contributed by atoms with Crippen molar-refractivity contribution >= 4 is 34.4 Å². The summed E-state index contributed by atoms with van der Waals surface area (Å²) in [5.41, 5.74) is 8.32. The highest BCUT2D eigenvalue weighted by molar-refractivity contribution is 6.30. The fraction of sp³-hybridized carbons (Fsp3) is 0.0769. The van der Waals surface area contributed by atoms with Gasteiger partial charge in [-0.1, -0.05) is 54.1 Å². The van der Waals surface area contributed by atoms with Crippen LogP contribution in [0.25, 0.3) is 27.8 Å². The smallest absolute Gasteiger partial charge is 0.277 e. The molecule has 0 aliphatic carbocycles. The van der Waals surface area contributed by atoms with Gasteiger partial charge < -0.3 is 0 Å². The number of fused-ring (bicyclic) bond motifs is 1. The summed E-state index contributed by atoms with van der Waals surface area (Å²) < 4.78 is 3.04. The molecule has 5 aromatic rings. The van der Waals surface area contributed by atoms with E-state index in [4.69, 9.17) is 11.6 Å². The number of carbonyl (C=O) groups excluding carboxylic acids is 1. The maximum Gasteiger partial charge on any atom is 0.288 e. The predicted octanol–water partition coefficient (Wildman–Crippen LogP) is 4.68. The van der Waals surface area contributed by atoms with Crippen molar-refractivity contribution in [3.8, 4) is 16.9 Å². The molecule has 5 rings (SSSR count). The topological polar surface area (TPSA) is 93.8 Å². The highest BCUT2D eigenvalue weighted by Crippen LogP contribution is 2.23. The first-order valence-electron chi connectivity index (χ1n) is 11.0. The summed E-state index contributed by atoms with van der Waals surface area (Å²) in [4.78, 5) is 30.7. The Labute approximate surface area is 205 Å². The van der Waals surface area contributed by atoms with Gasteiger partial charge >= 0.3 is 0 Å². The van der Waals surface area contributed by atoms with E-state index < -0.39 is 5.91 Å². The van der Waals surface area contributed by atoms with E-state index in [1.54, 1.807) is 41.1 Å². The van der Waals surface area contributed by atoms with Crippen molar-refractivity contribution in [1.82, 2.24) is 24.8 Å². The first-order chi connectivity index (χ1) is 17.0. The number of nitrogens with zero attached hydrogens (tertiary/aromatic N) is 4. The second kappa shape index (κ2) is 9.44. The van der Waals surface area contributed by atoms with Crippen molar-refractivity contribution in [2.75, 3.05) is 5.43 Å². The Morgan fingerprint density at radius 1 is 0.971 bits per heavy atom. The molecule has 2 N–H and O–H groups in total. The van der Waals surface area contributed by atoms with E-state index in [-0.39, 0.29) is 11.5 Å². The third-order valence-corrected chi connectivity index (χ3v) is 5.80. The molecule has 0 radical (unpaired) electrons. The lowest BCUT2D eigenvalue weighted by atomic mass is 10.1. The summed E-state index contributed by atoms with van der Waals surface area (Å²) in [7, 11) is 0. The van der Waals surface area contributed by atoms with Crippen molar-refractivity contribution in [2.45, 2.75) is 13.5 Å². The summed E-state index contributed by atoms with van der Waals surface area (Å²) in [6, 6.07) is 25.4. The Bertz CT molecular complexity index is 1580. The van der Waals surface area contributed by atoms with Gasteiger partial charge in [0.2, 0.25) is 5.95 Å². The van der Waals surface area contributed by atoms with E-state index in [9.17, 15) is 9.59 Å². The monoisotopic (exact) mass is 484 g/mol. The number of benzene rings is 3. The number of anilines is 1. The Morgan fingerprint density at radius 3 is 2.43 bits per heavy atom. The van der Waals surface area contributed by atoms with E-state index in [0.29, 0.717) is 33.9 Å². The Balaban J connectivity index is 1.50. The quantitative estimate of drug-likeness (QED) is 0.341. The Morgan fingerprint density at radius 2 is 1.69 bits per heavy atom. The molecular weight excluding hydrogens is 464 g/mol. The predicted molar refractivity (Wildman–Crippen MR) is 137 cm³/mol. The Hall–Kier alpha value is -4.43. The molecule has 2 heterocycles. The zero-order valence-corrected chi connectivity index (χ0v) is 19.5. The lowest BCUT2D eigenvalue weighted by Gasteiger charge is -2.14. The lowest BCUT2D eigenvalue weighted by molar-refractivity contribution is 0.0954. The summed E-state index contributed by atoms with van der Waals surface area (Å²) >= 11 is 6.03. The molecule has 0 aliphatic rings. The number of para-hydroxylation sites is 2. The number of aromatic nitrogens is 4. The number of hydrogen-bond acceptors (Lipinski definition) is 5. The molecule has 8 nitrogen and oxygen atoms in total. The van der Waals surface area contributed by atoms with Crippen LogP contribution in [0.2, 0.25) is 5.02 Å². The molecule has 0 fully saturated rings. The number of nitrogens with one attached hydrogen (secondary N) is 2. The van der Waals surface area contributed by atoms with E-state index in [0.717, 1.165) is 11.3 Å². The second-order valence-electron chi connectivity index (χ2n) is 7.75. The minimum atomic E-state index is -0.438. The van der Waals surface area contributed by atoms with Gasteiger partial charge in [0.05, 0.1) is 22.3 Å². The lowest BCUT2D eigenvalue weighted by Crippen LogP contribution is -2.35. The van der Waals surface area contributed by atoms with Gasteiger partial charge in [0.25, 0.3) is 11.5 Å². The third kappa shape index (κ3) is 4.39. The molecule has 0 bridgehead atoms. The van der Waals surface area contributed by atoms with Gasteiger partial charge in [0.1, 0.15) is 5.69 Å². The van der Waals surface area contributed by atoms with Crippen LogP contribution in [0.1, 0.15) is 17.4 Å². The maximum atomic E-state index is 13.3. The fourth-order valence-corrected chi connectivity index (χ4v) is 3.93. The van der Waals surface area contributed by atoms with E-state index in [1.165, 1.54) is 4.57 Å². The average Bonchev–Trinajstić information content (AvgIpc) is 3.34. The van der Waals surface area contributed by atoms with Gasteiger partial charge in [0.15, 0.2) is 0 Å². The molecule has 0 atom stereocenters. The number of halogens is 1. The van der Waals surface area contributed by atoms with Crippen molar-refractivity contribution in [1.29, 1.82) is 0 Å². The standard InChI is InChI=1S/C26H21ClN6O2/c1-2-32-25(35)20-10-6-7-11-21(20)28-26(32)30-29-24(34)23-16-22(17-12-14-18(27)15-13-17)31-33(23)19-8-4-3-5-9-19/h3-16H,2H2,1H3,(H,28,30)(H,29,34). The fourth-order valence-electron chi connectivity index (χ4n) is 3.80. The molecule has 0 spiro atoms. The van der Waals surface area contributed by atoms with E-state index in [2.05, 4.69) is 20.9 Å². The van der Waals surface area contributed by atoms with Gasteiger partial charge in [-0.3, -0.25) is 25.0 Å².